The molecule has 2 aromatic rings. The van der Waals surface area contributed by atoms with E-state index in [1.165, 1.54) is 17.5 Å². The maximum atomic E-state index is 12.4. The lowest BCUT2D eigenvalue weighted by atomic mass is 9.90. The molecule has 1 unspecified atom stereocenters. The van der Waals surface area contributed by atoms with Crippen molar-refractivity contribution in [2.45, 2.75) is 31.6 Å². The third-order valence-corrected chi connectivity index (χ3v) is 4.58. The summed E-state index contributed by atoms with van der Waals surface area (Å²) in [6, 6.07) is 14.8. The van der Waals surface area contributed by atoms with Crippen LogP contribution in [0.5, 0.6) is 0 Å². The van der Waals surface area contributed by atoms with Gasteiger partial charge >= 0.3 is 5.97 Å². The van der Waals surface area contributed by atoms with Crippen molar-refractivity contribution in [2.24, 2.45) is 0 Å². The molecule has 124 valence electrons. The molecule has 0 fully saturated rings. The number of carboxylic acid groups (broad SMARTS) is 1. The fraction of sp³-hybridized carbons (Fsp3) is 0.300. The van der Waals surface area contributed by atoms with Crippen molar-refractivity contribution in [2.75, 3.05) is 6.54 Å². The Morgan fingerprint density at radius 3 is 2.42 bits per heavy atom. The summed E-state index contributed by atoms with van der Waals surface area (Å²) in [6.45, 7) is 0.0786. The molecular formula is C20H21NO3. The second kappa shape index (κ2) is 7.30. The first-order valence-electron chi connectivity index (χ1n) is 8.33. The Morgan fingerprint density at radius 2 is 1.71 bits per heavy atom. The number of fused-ring (bicyclic) bond motifs is 1. The molecule has 0 spiro atoms. The fourth-order valence-electron chi connectivity index (χ4n) is 3.20. The van der Waals surface area contributed by atoms with Crippen LogP contribution in [0.3, 0.4) is 0 Å². The van der Waals surface area contributed by atoms with E-state index in [2.05, 4.69) is 5.32 Å². The van der Waals surface area contributed by atoms with E-state index in [0.717, 1.165) is 19.3 Å². The van der Waals surface area contributed by atoms with Crippen LogP contribution in [0.4, 0.5) is 0 Å². The van der Waals surface area contributed by atoms with Crippen molar-refractivity contribution in [1.82, 2.24) is 5.32 Å². The van der Waals surface area contributed by atoms with Gasteiger partial charge in [0.05, 0.1) is 5.92 Å². The highest BCUT2D eigenvalue weighted by Crippen LogP contribution is 2.22. The Morgan fingerprint density at radius 1 is 1.00 bits per heavy atom. The summed E-state index contributed by atoms with van der Waals surface area (Å²) in [6.07, 6.45) is 4.45. The van der Waals surface area contributed by atoms with E-state index in [0.29, 0.717) is 11.1 Å². The van der Waals surface area contributed by atoms with Crippen LogP contribution >= 0.6 is 0 Å². The molecule has 0 saturated carbocycles. The summed E-state index contributed by atoms with van der Waals surface area (Å²) in [5.41, 5.74) is 3.86. The van der Waals surface area contributed by atoms with Gasteiger partial charge in [0.25, 0.3) is 5.91 Å². The van der Waals surface area contributed by atoms with Crippen LogP contribution in [0.2, 0.25) is 0 Å². The number of nitrogens with one attached hydrogen (secondary N) is 1. The zero-order chi connectivity index (χ0) is 16.9. The Hall–Kier alpha value is -2.62. The van der Waals surface area contributed by atoms with Crippen LogP contribution in [0, 0.1) is 0 Å². The van der Waals surface area contributed by atoms with Crippen molar-refractivity contribution < 1.29 is 14.7 Å². The van der Waals surface area contributed by atoms with Gasteiger partial charge in [-0.15, -0.1) is 0 Å². The minimum atomic E-state index is -0.938. The van der Waals surface area contributed by atoms with Crippen LogP contribution in [-0.2, 0) is 17.6 Å². The highest BCUT2D eigenvalue weighted by molar-refractivity contribution is 5.95. The lowest BCUT2D eigenvalue weighted by Crippen LogP contribution is -2.31. The lowest BCUT2D eigenvalue weighted by Gasteiger charge is -2.17. The van der Waals surface area contributed by atoms with E-state index in [4.69, 9.17) is 0 Å². The van der Waals surface area contributed by atoms with Crippen molar-refractivity contribution in [3.05, 3.63) is 70.8 Å². The zero-order valence-corrected chi connectivity index (χ0v) is 13.5. The van der Waals surface area contributed by atoms with Gasteiger partial charge in [0.1, 0.15) is 0 Å². The number of amides is 1. The SMILES string of the molecule is O=C(NCC(C(=O)O)c1ccccc1)c1ccc2c(c1)CCCC2. The van der Waals surface area contributed by atoms with Gasteiger partial charge in [-0.25, -0.2) is 0 Å². The molecule has 0 aromatic heterocycles. The highest BCUT2D eigenvalue weighted by Gasteiger charge is 2.21. The van der Waals surface area contributed by atoms with Crippen molar-refractivity contribution in [3.63, 3.8) is 0 Å². The summed E-state index contributed by atoms with van der Waals surface area (Å²) in [7, 11) is 0. The number of aliphatic carboxylic acids is 1. The van der Waals surface area contributed by atoms with Crippen LogP contribution < -0.4 is 5.32 Å². The molecule has 1 aliphatic rings. The van der Waals surface area contributed by atoms with Crippen LogP contribution in [0.15, 0.2) is 48.5 Å². The topological polar surface area (TPSA) is 66.4 Å². The van der Waals surface area contributed by atoms with Crippen molar-refractivity contribution in [1.29, 1.82) is 0 Å². The van der Waals surface area contributed by atoms with E-state index in [-0.39, 0.29) is 12.5 Å². The molecule has 1 aliphatic carbocycles. The molecule has 2 N–H and O–H groups in total. The number of carbonyl (C=O) groups is 2. The second-order valence-corrected chi connectivity index (χ2v) is 6.20. The van der Waals surface area contributed by atoms with Crippen molar-refractivity contribution in [3.8, 4) is 0 Å². The minimum Gasteiger partial charge on any atom is -0.481 e. The Balaban J connectivity index is 1.69. The van der Waals surface area contributed by atoms with Crippen LogP contribution in [0.25, 0.3) is 0 Å². The van der Waals surface area contributed by atoms with E-state index in [1.807, 2.05) is 24.3 Å². The monoisotopic (exact) mass is 323 g/mol. The maximum absolute atomic E-state index is 12.4. The fourth-order valence-corrected chi connectivity index (χ4v) is 3.20. The predicted octanol–water partition coefficient (Wildman–Crippen LogP) is 3.16. The Bertz CT molecular complexity index is 740. The van der Waals surface area contributed by atoms with Crippen LogP contribution in [-0.4, -0.2) is 23.5 Å². The van der Waals surface area contributed by atoms with Gasteiger partial charge in [-0.3, -0.25) is 9.59 Å². The molecule has 2 aromatic carbocycles. The second-order valence-electron chi connectivity index (χ2n) is 6.20. The molecule has 1 amide bonds. The molecule has 3 rings (SSSR count). The summed E-state index contributed by atoms with van der Waals surface area (Å²) in [5.74, 6) is -1.90. The molecule has 0 saturated heterocycles. The highest BCUT2D eigenvalue weighted by atomic mass is 16.4. The summed E-state index contributed by atoms with van der Waals surface area (Å²) < 4.78 is 0. The number of hydrogen-bond donors (Lipinski definition) is 2. The summed E-state index contributed by atoms with van der Waals surface area (Å²) >= 11 is 0. The number of benzene rings is 2. The first-order chi connectivity index (χ1) is 11.6. The number of carbonyl (C=O) groups excluding carboxylic acids is 1. The van der Waals surface area contributed by atoms with Gasteiger partial charge < -0.3 is 10.4 Å². The van der Waals surface area contributed by atoms with Gasteiger partial charge in [-0.1, -0.05) is 36.4 Å². The number of hydrogen-bond acceptors (Lipinski definition) is 2. The molecule has 0 heterocycles. The first kappa shape index (κ1) is 16.2. The Kier molecular flexibility index (Phi) is 4.94. The van der Waals surface area contributed by atoms with E-state index < -0.39 is 11.9 Å². The van der Waals surface area contributed by atoms with E-state index >= 15 is 0 Å². The van der Waals surface area contributed by atoms with Gasteiger partial charge in [0, 0.05) is 12.1 Å². The van der Waals surface area contributed by atoms with Gasteiger partial charge in [-0.05, 0) is 54.5 Å². The first-order valence-corrected chi connectivity index (χ1v) is 8.33. The molecular weight excluding hydrogens is 302 g/mol. The van der Waals surface area contributed by atoms with Gasteiger partial charge in [-0.2, -0.15) is 0 Å². The average molecular weight is 323 g/mol. The standard InChI is InChI=1S/C20H21NO3/c22-19(17-11-10-14-6-4-5-9-16(14)12-17)21-13-18(20(23)24)15-7-2-1-3-8-15/h1-3,7-8,10-12,18H,4-6,9,13H2,(H,21,22)(H,23,24). The third-order valence-electron chi connectivity index (χ3n) is 4.58. The minimum absolute atomic E-state index is 0.0786. The van der Waals surface area contributed by atoms with Gasteiger partial charge in [0.15, 0.2) is 0 Å². The smallest absolute Gasteiger partial charge is 0.312 e. The molecule has 0 aliphatic heterocycles. The molecule has 0 bridgehead atoms. The molecule has 0 radical (unpaired) electrons. The number of aryl methyl sites for hydroxylation is 2. The quantitative estimate of drug-likeness (QED) is 0.888. The predicted molar refractivity (Wildman–Crippen MR) is 92.2 cm³/mol. The van der Waals surface area contributed by atoms with Crippen molar-refractivity contribution >= 4 is 11.9 Å². The molecule has 4 nitrogen and oxygen atoms in total. The average Bonchev–Trinajstić information content (AvgIpc) is 2.62. The number of carboxylic acids is 1. The molecule has 4 heteroatoms. The largest absolute Gasteiger partial charge is 0.481 e. The van der Waals surface area contributed by atoms with E-state index in [9.17, 15) is 14.7 Å². The number of rotatable bonds is 5. The van der Waals surface area contributed by atoms with Crippen LogP contribution in [0.1, 0.15) is 45.8 Å². The summed E-state index contributed by atoms with van der Waals surface area (Å²) in [4.78, 5) is 23.9. The molecule has 1 atom stereocenters. The lowest BCUT2D eigenvalue weighted by molar-refractivity contribution is -0.138. The Labute approximate surface area is 141 Å². The summed E-state index contributed by atoms with van der Waals surface area (Å²) in [5, 5.41) is 12.2. The normalized spacial score (nSPS) is 14.5. The van der Waals surface area contributed by atoms with E-state index in [1.54, 1.807) is 24.3 Å². The molecule has 24 heavy (non-hydrogen) atoms. The third kappa shape index (κ3) is 3.65. The van der Waals surface area contributed by atoms with Gasteiger partial charge in [0.2, 0.25) is 0 Å². The zero-order valence-electron chi connectivity index (χ0n) is 13.5. The maximum Gasteiger partial charge on any atom is 0.312 e.